The molecule has 38 heavy (non-hydrogen) atoms. The molecule has 0 spiro atoms. The average Bonchev–Trinajstić information content (AvgIpc) is 2.92. The van der Waals surface area contributed by atoms with E-state index in [1.165, 1.54) is 16.7 Å². The van der Waals surface area contributed by atoms with Gasteiger partial charge in [-0.15, -0.1) is 11.8 Å². The first kappa shape index (κ1) is 27.7. The van der Waals surface area contributed by atoms with Crippen LogP contribution in [0.3, 0.4) is 0 Å². The predicted octanol–water partition coefficient (Wildman–Crippen LogP) is 3.42. The summed E-state index contributed by atoms with van der Waals surface area (Å²) < 4.78 is 17.2. The number of ether oxygens (including phenoxy) is 3. The molecule has 4 rings (SSSR count). The van der Waals surface area contributed by atoms with Gasteiger partial charge in [-0.1, -0.05) is 66.2 Å². The second-order valence-corrected chi connectivity index (χ2v) is 10.9. The number of hydrogen-bond acceptors (Lipinski definition) is 8. The van der Waals surface area contributed by atoms with Crippen LogP contribution in [0, 0.1) is 5.92 Å². The van der Waals surface area contributed by atoms with E-state index in [4.69, 9.17) is 14.2 Å². The lowest BCUT2D eigenvalue weighted by molar-refractivity contribution is -0.164. The quantitative estimate of drug-likeness (QED) is 0.325. The Hall–Kier alpha value is -3.31. The molecule has 0 saturated carbocycles. The topological polar surface area (TPSA) is 111 Å². The van der Waals surface area contributed by atoms with Crippen molar-refractivity contribution in [3.63, 3.8) is 0 Å². The smallest absolute Gasteiger partial charge is 0.333 e. The summed E-state index contributed by atoms with van der Waals surface area (Å²) in [5, 5.41) is 3.88. The Morgan fingerprint density at radius 3 is 2.53 bits per heavy atom. The zero-order valence-corrected chi connectivity index (χ0v) is 23.2. The molecule has 11 heteroatoms. The van der Waals surface area contributed by atoms with Crippen LogP contribution in [-0.2, 0) is 35.3 Å². The van der Waals surface area contributed by atoms with Crippen LogP contribution >= 0.6 is 27.7 Å². The Balaban J connectivity index is 1.42. The summed E-state index contributed by atoms with van der Waals surface area (Å²) in [6.45, 7) is 3.03. The van der Waals surface area contributed by atoms with Gasteiger partial charge in [0, 0.05) is 10.0 Å². The van der Waals surface area contributed by atoms with Gasteiger partial charge in [0.15, 0.2) is 12.6 Å². The highest BCUT2D eigenvalue weighted by Gasteiger charge is 2.56. The highest BCUT2D eigenvalue weighted by molar-refractivity contribution is 9.10. The molecule has 2 aliphatic heterocycles. The summed E-state index contributed by atoms with van der Waals surface area (Å²) in [5.41, 5.74) is 1.24. The highest BCUT2D eigenvalue weighted by Crippen LogP contribution is 2.40. The zero-order valence-electron chi connectivity index (χ0n) is 20.8. The molecule has 2 aromatic carbocycles. The second kappa shape index (κ2) is 12.5. The molecule has 0 aliphatic carbocycles. The van der Waals surface area contributed by atoms with E-state index in [1.54, 1.807) is 37.5 Å². The Kier molecular flexibility index (Phi) is 9.11. The third-order valence-corrected chi connectivity index (χ3v) is 7.56. The number of β-lactam (4-membered cyclic amide) rings is 1. The molecule has 0 aromatic heterocycles. The molecule has 0 bridgehead atoms. The fraction of sp³-hybridized carbons (Fsp3) is 0.333. The van der Waals surface area contributed by atoms with E-state index in [1.807, 2.05) is 36.4 Å². The first-order valence-electron chi connectivity index (χ1n) is 12.0. The van der Waals surface area contributed by atoms with E-state index < -0.39 is 41.2 Å². The van der Waals surface area contributed by atoms with Gasteiger partial charge in [-0.2, -0.15) is 0 Å². The number of hydrogen-bond donors (Lipinski definition) is 1. The van der Waals surface area contributed by atoms with Gasteiger partial charge in [-0.3, -0.25) is 14.4 Å². The number of thioether (sulfide) groups is 1. The third-order valence-electron chi connectivity index (χ3n) is 5.85. The highest BCUT2D eigenvalue weighted by atomic mass is 79.9. The summed E-state index contributed by atoms with van der Waals surface area (Å²) in [7, 11) is 0. The van der Waals surface area contributed by atoms with Gasteiger partial charge in [-0.05, 0) is 29.2 Å². The van der Waals surface area contributed by atoms with Crippen molar-refractivity contribution < 1.29 is 33.4 Å². The fourth-order valence-corrected chi connectivity index (χ4v) is 5.45. The minimum absolute atomic E-state index is 0.0299. The van der Waals surface area contributed by atoms with E-state index in [2.05, 4.69) is 21.2 Å². The second-order valence-electron chi connectivity index (χ2n) is 9.01. The molecule has 9 nitrogen and oxygen atoms in total. The molecule has 1 fully saturated rings. The van der Waals surface area contributed by atoms with Gasteiger partial charge in [-0.25, -0.2) is 4.79 Å². The van der Waals surface area contributed by atoms with Crippen molar-refractivity contribution in [2.75, 3.05) is 13.2 Å². The number of benzene rings is 2. The Morgan fingerprint density at radius 1 is 1.05 bits per heavy atom. The van der Waals surface area contributed by atoms with Crippen LogP contribution in [-0.4, -0.2) is 59.3 Å². The molecular formula is C27H27BrN2O7S. The molecule has 2 aliphatic rings. The van der Waals surface area contributed by atoms with Crippen LogP contribution in [0.15, 0.2) is 70.1 Å². The minimum Gasteiger partial charge on any atom is -0.484 e. The van der Waals surface area contributed by atoms with Crippen molar-refractivity contribution in [2.24, 2.45) is 5.92 Å². The van der Waals surface area contributed by atoms with Crippen molar-refractivity contribution in [3.05, 3.63) is 75.6 Å². The van der Waals surface area contributed by atoms with Crippen LogP contribution < -0.4 is 10.1 Å². The molecule has 2 amide bonds. The Labute approximate surface area is 233 Å². The lowest BCUT2D eigenvalue weighted by Crippen LogP contribution is -2.74. The van der Waals surface area contributed by atoms with E-state index in [0.29, 0.717) is 11.3 Å². The number of nitrogens with one attached hydrogen (secondary N) is 1. The maximum Gasteiger partial charge on any atom is 0.333 e. The lowest BCUT2D eigenvalue weighted by Gasteiger charge is -2.51. The van der Waals surface area contributed by atoms with Gasteiger partial charge < -0.3 is 24.4 Å². The van der Waals surface area contributed by atoms with Crippen LogP contribution in [0.4, 0.5) is 0 Å². The van der Waals surface area contributed by atoms with Gasteiger partial charge in [0.05, 0.1) is 5.92 Å². The molecule has 3 atom stereocenters. The minimum atomic E-state index is -1.07. The standard InChI is InChI=1S/C27H27BrN2O7S/c1-16(2)26(33)37-13-18-15-38-25-22(29-21(31)14-35-20-10-6-9-19(28)11-20)24(32)30(25)23(18)27(34)36-12-17-7-4-3-5-8-17/h3-11,15-16,22-23,25H,12-14H2,1-2H3,(H,29,31)/t22?,23?,25-/m0/s1. The summed E-state index contributed by atoms with van der Waals surface area (Å²) in [4.78, 5) is 52.3. The number of carbonyl (C=O) groups is 4. The van der Waals surface area contributed by atoms with Crippen molar-refractivity contribution >= 4 is 51.4 Å². The van der Waals surface area contributed by atoms with Crippen LogP contribution in [0.5, 0.6) is 5.75 Å². The number of carbonyl (C=O) groups excluding carboxylic acids is 4. The van der Waals surface area contributed by atoms with Gasteiger partial charge >= 0.3 is 11.9 Å². The van der Waals surface area contributed by atoms with Gasteiger partial charge in [0.25, 0.3) is 5.91 Å². The molecule has 2 aromatic rings. The van der Waals surface area contributed by atoms with Gasteiger partial charge in [0.2, 0.25) is 5.91 Å². The summed E-state index contributed by atoms with van der Waals surface area (Å²) in [6, 6.07) is 14.3. The first-order chi connectivity index (χ1) is 18.2. The van der Waals surface area contributed by atoms with Crippen LogP contribution in [0.1, 0.15) is 19.4 Å². The predicted molar refractivity (Wildman–Crippen MR) is 144 cm³/mol. The SMILES string of the molecule is CC(C)C(=O)OCC1=CS[C@H]2C(NC(=O)COc3cccc(Br)c3)C(=O)N2C1C(=O)OCc1ccccc1. The number of amides is 2. The van der Waals surface area contributed by atoms with Crippen molar-refractivity contribution in [1.82, 2.24) is 10.2 Å². The number of esters is 2. The molecular weight excluding hydrogens is 576 g/mol. The zero-order chi connectivity index (χ0) is 27.2. The average molecular weight is 603 g/mol. The molecule has 200 valence electrons. The molecule has 1 saturated heterocycles. The number of nitrogens with zero attached hydrogens (tertiary/aromatic N) is 1. The third kappa shape index (κ3) is 6.57. The number of halogens is 1. The van der Waals surface area contributed by atoms with Crippen LogP contribution in [0.2, 0.25) is 0 Å². The Morgan fingerprint density at radius 2 is 1.82 bits per heavy atom. The van der Waals surface area contributed by atoms with Crippen molar-refractivity contribution in [2.45, 2.75) is 37.9 Å². The maximum absolute atomic E-state index is 13.2. The monoisotopic (exact) mass is 602 g/mol. The van der Waals surface area contributed by atoms with E-state index in [0.717, 1.165) is 10.0 Å². The largest absolute Gasteiger partial charge is 0.484 e. The van der Waals surface area contributed by atoms with E-state index in [9.17, 15) is 19.2 Å². The summed E-state index contributed by atoms with van der Waals surface area (Å²) in [6.07, 6.45) is 0. The maximum atomic E-state index is 13.2. The summed E-state index contributed by atoms with van der Waals surface area (Å²) >= 11 is 4.61. The lowest BCUT2D eigenvalue weighted by atomic mass is 9.98. The molecule has 2 heterocycles. The molecule has 1 N–H and O–H groups in total. The summed E-state index contributed by atoms with van der Waals surface area (Å²) in [5.74, 6) is -1.78. The molecule has 0 radical (unpaired) electrons. The molecule has 2 unspecified atom stereocenters. The first-order valence-corrected chi connectivity index (χ1v) is 13.7. The van der Waals surface area contributed by atoms with Gasteiger partial charge in [0.1, 0.15) is 30.4 Å². The van der Waals surface area contributed by atoms with E-state index >= 15 is 0 Å². The van der Waals surface area contributed by atoms with E-state index in [-0.39, 0.29) is 25.7 Å². The fourth-order valence-electron chi connectivity index (χ4n) is 3.87. The van der Waals surface area contributed by atoms with Crippen molar-refractivity contribution in [3.8, 4) is 5.75 Å². The number of rotatable bonds is 10. The van der Waals surface area contributed by atoms with Crippen molar-refractivity contribution in [1.29, 1.82) is 0 Å². The normalized spacial score (nSPS) is 20.1. The van der Waals surface area contributed by atoms with Crippen LogP contribution in [0.25, 0.3) is 0 Å². The Bertz CT molecular complexity index is 1240. The number of fused-ring (bicyclic) bond motifs is 1.